The molecule has 36 nitrogen and oxygen atoms in total. The zero-order chi connectivity index (χ0) is 81.7. The van der Waals surface area contributed by atoms with Gasteiger partial charge in [0.15, 0.2) is 24.7 Å². The molecule has 0 aliphatic carbocycles. The number of rotatable bonds is 68. The number of nitrogens with one attached hydrogen (secondary N) is 4. The largest absolute Gasteiger partial charge is 0.394 e. The van der Waals surface area contributed by atoms with Gasteiger partial charge >= 0.3 is 0 Å². The van der Waals surface area contributed by atoms with Crippen LogP contribution in [0.15, 0.2) is 0 Å². The Balaban J connectivity index is 1.53. The summed E-state index contributed by atoms with van der Waals surface area (Å²) in [6.45, 7) is 16.0. The van der Waals surface area contributed by atoms with Gasteiger partial charge in [-0.1, -0.05) is 80.1 Å². The van der Waals surface area contributed by atoms with Crippen LogP contribution in [0.5, 0.6) is 0 Å². The number of nitrogens with two attached hydrogens (primary N) is 1. The maximum atomic E-state index is 14.1. The van der Waals surface area contributed by atoms with Crippen molar-refractivity contribution in [3.8, 4) is 0 Å². The van der Waals surface area contributed by atoms with Gasteiger partial charge in [0.2, 0.25) is 23.6 Å². The second-order valence-electron chi connectivity index (χ2n) is 29.5. The van der Waals surface area contributed by atoms with Crippen LogP contribution in [0.4, 0.5) is 0 Å². The van der Waals surface area contributed by atoms with Gasteiger partial charge in [0.05, 0.1) is 190 Å². The first-order chi connectivity index (χ1) is 53.3. The predicted molar refractivity (Wildman–Crippen MR) is 399 cm³/mol. The average Bonchev–Trinajstić information content (AvgIpc) is 0.841. The third-order valence-electron chi connectivity index (χ3n) is 19.4. The van der Waals surface area contributed by atoms with Crippen molar-refractivity contribution in [3.63, 3.8) is 0 Å². The van der Waals surface area contributed by atoms with Crippen LogP contribution >= 0.6 is 0 Å². The number of aliphatic hydroxyl groups is 9. The van der Waals surface area contributed by atoms with Crippen LogP contribution in [0.25, 0.3) is 0 Å². The van der Waals surface area contributed by atoms with Crippen molar-refractivity contribution in [2.45, 2.75) is 218 Å². The molecule has 15 N–H and O–H groups in total. The number of ether oxygens (including phenoxy) is 17. The summed E-state index contributed by atoms with van der Waals surface area (Å²) in [6.07, 6.45) is -5.02. The van der Waals surface area contributed by atoms with Crippen LogP contribution in [0.2, 0.25) is 0 Å². The Labute approximate surface area is 655 Å². The summed E-state index contributed by atoms with van der Waals surface area (Å²) in [4.78, 5) is 65.7. The molecule has 3 rings (SSSR count). The number of aliphatic hydroxyl groups excluding tert-OH is 9. The fraction of sp³-hybridized carbons (Fsp3) is 0.933. The summed E-state index contributed by atoms with van der Waals surface area (Å²) in [6, 6.07) is 0. The van der Waals surface area contributed by atoms with Crippen molar-refractivity contribution in [2.24, 2.45) is 34.3 Å². The van der Waals surface area contributed by atoms with Gasteiger partial charge in [0.1, 0.15) is 42.4 Å². The molecule has 0 radical (unpaired) electrons. The summed E-state index contributed by atoms with van der Waals surface area (Å²) in [7, 11) is 0. The van der Waals surface area contributed by atoms with Crippen LogP contribution < -0.4 is 27.0 Å². The number of Topliss-reactive ketones (excluding diaryl/α,β-unsaturated/α-hetero) is 1. The summed E-state index contributed by atoms with van der Waals surface area (Å²) in [5.41, 5.74) is 4.23. The van der Waals surface area contributed by atoms with Crippen LogP contribution in [0.1, 0.15) is 138 Å². The van der Waals surface area contributed by atoms with Crippen molar-refractivity contribution in [1.82, 2.24) is 21.3 Å². The van der Waals surface area contributed by atoms with E-state index in [9.17, 15) is 69.9 Å². The summed E-state index contributed by atoms with van der Waals surface area (Å²) >= 11 is 0. The standard InChI is InChI=1S/C75H141N5O31/c1-53-64(89)67(92)57(47-81)109-70(53)104-43-40-98-37-34-95-30-22-77-61(86)18-26-101-50-75(51-102-27-19-62(87)78-23-31-96-35-38-99-41-44-105-71-54(2)65(90)68(93)58(48-82)110-71,52-103-28-20-63(88)79-24-32-97-36-39-100-42-45-106-72-55(3)66(91)69(94)59(49-83)111-72)46-56(84)16-14-12-10-8-9-11-13-15-17-60(85)80-25-33-108-74(7,73(4,5)6)107-29-21-76/h53-55,57-59,64-72,81-83,89-94H,8-52,76H2,1-7H3,(H,77,86)(H,78,87)(H,79,88)(H,80,85). The molecule has 36 heteroatoms. The Bertz CT molecular complexity index is 2230. The summed E-state index contributed by atoms with van der Waals surface area (Å²) < 4.78 is 97.8. The van der Waals surface area contributed by atoms with E-state index in [-0.39, 0.29) is 225 Å². The molecule has 0 spiro atoms. The van der Waals surface area contributed by atoms with E-state index in [1.165, 1.54) is 0 Å². The Morgan fingerprint density at radius 1 is 0.351 bits per heavy atom. The van der Waals surface area contributed by atoms with E-state index in [2.05, 4.69) is 21.3 Å². The fourth-order valence-corrected chi connectivity index (χ4v) is 12.0. The van der Waals surface area contributed by atoms with Crippen molar-refractivity contribution >= 4 is 29.4 Å². The minimum atomic E-state index is -1.23. The molecular formula is C75H141N5O31. The molecule has 4 amide bonds. The third kappa shape index (κ3) is 42.4. The van der Waals surface area contributed by atoms with E-state index in [4.69, 9.17) is 86.3 Å². The van der Waals surface area contributed by atoms with Gasteiger partial charge in [0, 0.05) is 99.8 Å². The minimum absolute atomic E-state index is 0.0311. The van der Waals surface area contributed by atoms with Crippen LogP contribution in [0.3, 0.4) is 0 Å². The van der Waals surface area contributed by atoms with E-state index < -0.39 is 123 Å². The lowest BCUT2D eigenvalue weighted by Crippen LogP contribution is -2.55. The number of carbonyl (C=O) groups is 5. The average molecular weight is 1610 g/mol. The first-order valence-corrected chi connectivity index (χ1v) is 39.8. The highest BCUT2D eigenvalue weighted by Crippen LogP contribution is 2.35. The maximum absolute atomic E-state index is 14.1. The number of ketones is 1. The zero-order valence-electron chi connectivity index (χ0n) is 67.1. The van der Waals surface area contributed by atoms with Gasteiger partial charge < -0.3 is 153 Å². The first-order valence-electron chi connectivity index (χ1n) is 39.8. The monoisotopic (exact) mass is 1610 g/mol. The number of carbonyl (C=O) groups excluding carboxylic acids is 5. The van der Waals surface area contributed by atoms with Crippen molar-refractivity contribution in [3.05, 3.63) is 0 Å². The first kappa shape index (κ1) is 102. The lowest BCUT2D eigenvalue weighted by molar-refractivity contribution is -0.284. The number of hydrogen-bond acceptors (Lipinski definition) is 32. The Morgan fingerprint density at radius 3 is 0.964 bits per heavy atom. The third-order valence-corrected chi connectivity index (χ3v) is 19.4. The Morgan fingerprint density at radius 2 is 0.640 bits per heavy atom. The molecule has 3 aliphatic rings. The topological polar surface area (TPSA) is 498 Å². The number of hydrogen-bond donors (Lipinski definition) is 14. The molecule has 0 aromatic heterocycles. The molecular weight excluding hydrogens is 1470 g/mol. The molecule has 0 bridgehead atoms. The van der Waals surface area contributed by atoms with Gasteiger partial charge in [0.25, 0.3) is 0 Å². The van der Waals surface area contributed by atoms with E-state index in [1.807, 2.05) is 27.7 Å². The van der Waals surface area contributed by atoms with Gasteiger partial charge in [-0.25, -0.2) is 0 Å². The second-order valence-corrected chi connectivity index (χ2v) is 29.5. The summed E-state index contributed by atoms with van der Waals surface area (Å²) in [5, 5.41) is 101. The molecule has 111 heavy (non-hydrogen) atoms. The lowest BCUT2D eigenvalue weighted by Gasteiger charge is -2.41. The quantitative estimate of drug-likeness (QED) is 0.0247. The van der Waals surface area contributed by atoms with Gasteiger partial charge in [-0.15, -0.1) is 0 Å². The highest BCUT2D eigenvalue weighted by Gasteiger charge is 2.46. The fourth-order valence-electron chi connectivity index (χ4n) is 12.0. The number of amides is 4. The molecule has 3 heterocycles. The zero-order valence-corrected chi connectivity index (χ0v) is 67.1. The van der Waals surface area contributed by atoms with Crippen molar-refractivity contribution < 1.29 is 150 Å². The molecule has 3 aliphatic heterocycles. The Kier molecular flexibility index (Phi) is 55.0. The highest BCUT2D eigenvalue weighted by molar-refractivity contribution is 5.79. The normalized spacial score (nSPS) is 25.4. The molecule has 16 atom stereocenters. The molecule has 652 valence electrons. The van der Waals surface area contributed by atoms with E-state index in [1.54, 1.807) is 20.8 Å². The van der Waals surface area contributed by atoms with Crippen molar-refractivity contribution in [1.29, 1.82) is 0 Å². The smallest absolute Gasteiger partial charge is 0.222 e. The SMILES string of the molecule is CC1C(OCCOCCOCCNC(=O)CCOCC(COCCC(=O)NCCOCCOCCOC2OC(CO)C(O)C(O)C2C)(COCCC(=O)NCCOCCOCCOC2OC(CO)C(O)C(O)C2C)CC(=O)CCCCCCCCCCC(=O)NCCOC(C)(OCCN)C(C)(C)C)OC(CO)C(O)C1O. The predicted octanol–water partition coefficient (Wildman–Crippen LogP) is -1.35. The van der Waals surface area contributed by atoms with Gasteiger partial charge in [-0.3, -0.25) is 24.0 Å². The second kappa shape index (κ2) is 60.0. The lowest BCUT2D eigenvalue weighted by atomic mass is 9.84. The molecule has 16 unspecified atom stereocenters. The summed E-state index contributed by atoms with van der Waals surface area (Å²) in [5.74, 6) is -3.51. The van der Waals surface area contributed by atoms with Crippen molar-refractivity contribution in [2.75, 3.05) is 205 Å². The highest BCUT2D eigenvalue weighted by atomic mass is 16.7. The van der Waals surface area contributed by atoms with Crippen LogP contribution in [-0.2, 0) is 104 Å². The minimum Gasteiger partial charge on any atom is -0.394 e. The molecule has 3 saturated heterocycles. The van der Waals surface area contributed by atoms with Crippen LogP contribution in [-0.4, -0.2) is 359 Å². The maximum Gasteiger partial charge on any atom is 0.222 e. The molecule has 0 aromatic carbocycles. The van der Waals surface area contributed by atoms with E-state index >= 15 is 0 Å². The van der Waals surface area contributed by atoms with Gasteiger partial charge in [-0.2, -0.15) is 0 Å². The number of unbranched alkanes of at least 4 members (excludes halogenated alkanes) is 7. The van der Waals surface area contributed by atoms with E-state index in [0.717, 1.165) is 44.9 Å². The Hall–Kier alpha value is -3.53. The van der Waals surface area contributed by atoms with Gasteiger partial charge in [-0.05, 0) is 19.8 Å². The molecule has 0 saturated carbocycles. The molecule has 0 aromatic rings. The van der Waals surface area contributed by atoms with Crippen LogP contribution in [0, 0.1) is 28.6 Å². The van der Waals surface area contributed by atoms with E-state index in [0.29, 0.717) is 39.1 Å². The molecule has 3 fully saturated rings.